The maximum absolute atomic E-state index is 5.09. The zero-order valence-corrected chi connectivity index (χ0v) is 54.5. The molecule has 0 unspecified atom stereocenters. The average Bonchev–Trinajstić information content (AvgIpc) is 1.56. The zero-order chi connectivity index (χ0) is 64.7. The van der Waals surface area contributed by atoms with Gasteiger partial charge in [-0.1, -0.05) is 258 Å². The van der Waals surface area contributed by atoms with Crippen molar-refractivity contribution in [3.63, 3.8) is 0 Å². The highest BCUT2D eigenvalue weighted by Crippen LogP contribution is 2.58. The van der Waals surface area contributed by atoms with Gasteiger partial charge in [0.2, 0.25) is 0 Å². The number of nitrogens with zero attached hydrogens (tertiary/aromatic N) is 6. The summed E-state index contributed by atoms with van der Waals surface area (Å²) in [7, 11) is 0. The third-order valence-electron chi connectivity index (χ3n) is 21.8. The van der Waals surface area contributed by atoms with Crippen molar-refractivity contribution in [3.05, 3.63) is 346 Å². The fourth-order valence-electron chi connectivity index (χ4n) is 16.9. The van der Waals surface area contributed by atoms with Gasteiger partial charge in [-0.2, -0.15) is 0 Å². The Morgan fingerprint density at radius 2 is 0.546 bits per heavy atom. The predicted molar refractivity (Wildman–Crippen MR) is 403 cm³/mol. The van der Waals surface area contributed by atoms with Crippen LogP contribution in [0.1, 0.15) is 94.5 Å². The van der Waals surface area contributed by atoms with Crippen molar-refractivity contribution in [1.29, 1.82) is 0 Å². The van der Waals surface area contributed by atoms with Crippen molar-refractivity contribution in [2.45, 2.75) is 56.8 Å². The van der Waals surface area contributed by atoms with Gasteiger partial charge < -0.3 is 0 Å². The summed E-state index contributed by atoms with van der Waals surface area (Å²) in [6.45, 7) is 9.49. The molecular formula is C91H66N6. The molecule has 4 aromatic heterocycles. The van der Waals surface area contributed by atoms with E-state index in [0.29, 0.717) is 0 Å². The molecule has 4 aliphatic rings. The molecule has 6 nitrogen and oxygen atoms in total. The Balaban J connectivity index is 0.619. The second kappa shape index (κ2) is 21.6. The molecule has 0 bridgehead atoms. The molecule has 0 N–H and O–H groups in total. The number of hydrogen-bond donors (Lipinski definition) is 0. The van der Waals surface area contributed by atoms with Gasteiger partial charge in [0.05, 0.1) is 0 Å². The molecule has 0 saturated heterocycles. The lowest BCUT2D eigenvalue weighted by Crippen LogP contribution is -2.26. The first-order chi connectivity index (χ1) is 47.5. The Labute approximate surface area is 564 Å². The van der Waals surface area contributed by atoms with Crippen molar-refractivity contribution in [2.24, 2.45) is 0 Å². The minimum absolute atomic E-state index is 0.182. The van der Waals surface area contributed by atoms with Gasteiger partial charge in [0, 0.05) is 74.0 Å². The lowest BCUT2D eigenvalue weighted by atomic mass is 9.75. The number of anilines is 6. The molecule has 1 spiro atoms. The molecule has 11 aromatic carbocycles. The van der Waals surface area contributed by atoms with E-state index in [-0.39, 0.29) is 16.2 Å². The molecule has 15 aromatic rings. The molecule has 19 rings (SSSR count). The van der Waals surface area contributed by atoms with E-state index >= 15 is 0 Å². The molecular weight excluding hydrogens is 1180 g/mol. The van der Waals surface area contributed by atoms with Crippen LogP contribution in [0, 0.1) is 0 Å². The van der Waals surface area contributed by atoms with Crippen LogP contribution in [0.2, 0.25) is 0 Å². The van der Waals surface area contributed by atoms with Crippen molar-refractivity contribution in [3.8, 4) is 33.4 Å². The smallest absolute Gasteiger partial charge is 0.146 e. The summed E-state index contributed by atoms with van der Waals surface area (Å²) in [5.74, 6) is 3.42. The third-order valence-corrected chi connectivity index (χ3v) is 21.8. The Morgan fingerprint density at radius 1 is 0.278 bits per heavy atom. The molecule has 0 aliphatic heterocycles. The van der Waals surface area contributed by atoms with E-state index in [4.69, 9.17) is 19.9 Å². The van der Waals surface area contributed by atoms with Crippen LogP contribution in [-0.2, 0) is 29.1 Å². The molecule has 97 heavy (non-hydrogen) atoms. The quantitative estimate of drug-likeness (QED) is 0.127. The maximum Gasteiger partial charge on any atom is 0.146 e. The number of hydrogen-bond acceptors (Lipinski definition) is 6. The van der Waals surface area contributed by atoms with Gasteiger partial charge in [-0.15, -0.1) is 0 Å². The highest BCUT2D eigenvalue weighted by molar-refractivity contribution is 6.05. The third kappa shape index (κ3) is 8.86. The molecule has 0 fully saturated rings. The highest BCUT2D eigenvalue weighted by Gasteiger charge is 2.47. The summed E-state index contributed by atoms with van der Waals surface area (Å²) >= 11 is 0. The normalized spacial score (nSPS) is 14.7. The summed E-state index contributed by atoms with van der Waals surface area (Å²) in [6.07, 6.45) is 18.9. The summed E-state index contributed by atoms with van der Waals surface area (Å²) in [5, 5.41) is 8.83. The molecule has 4 heterocycles. The number of benzene rings is 11. The van der Waals surface area contributed by atoms with Crippen LogP contribution in [0.3, 0.4) is 0 Å². The van der Waals surface area contributed by atoms with Crippen LogP contribution >= 0.6 is 0 Å². The standard InChI is InChI=1S/C91H66N6/c1-89(2)79-49-57(29-35-73(79)75-39-33-67(53-81(75)89)96(85-69-21-11-7-15-61(69)41-45-92-85)86-70-22-12-8-16-62(70)42-46-93-86)25-27-59-31-37-77-78-38-32-60(52-84(78)91(83(77)51-59)55-65-19-5-6-20-66(65)56-91)28-26-58-30-36-74-76-40-34-68(54-82(76)90(3,4)80(74)50-58)97(87-71-23-13-9-17-63(71)43-47-94-87)88-72-24-14-10-18-64(72)44-48-95-88/h5-54H,55-56H2,1-4H3/b27-25+,28-26+. The molecule has 460 valence electrons. The molecule has 0 amide bonds. The van der Waals surface area contributed by atoms with E-state index in [1.54, 1.807) is 0 Å². The Morgan fingerprint density at radius 3 is 0.876 bits per heavy atom. The minimum Gasteiger partial charge on any atom is -0.278 e. The monoisotopic (exact) mass is 1240 g/mol. The van der Waals surface area contributed by atoms with Gasteiger partial charge in [-0.05, 0) is 183 Å². The van der Waals surface area contributed by atoms with Crippen LogP contribution in [0.5, 0.6) is 0 Å². The summed E-state index contributed by atoms with van der Waals surface area (Å²) < 4.78 is 0. The molecule has 0 radical (unpaired) electrons. The van der Waals surface area contributed by atoms with Crippen molar-refractivity contribution in [2.75, 3.05) is 9.80 Å². The van der Waals surface area contributed by atoms with E-state index in [2.05, 4.69) is 317 Å². The van der Waals surface area contributed by atoms with E-state index in [9.17, 15) is 0 Å². The van der Waals surface area contributed by atoms with Gasteiger partial charge in [0.25, 0.3) is 0 Å². The van der Waals surface area contributed by atoms with Crippen molar-refractivity contribution in [1.82, 2.24) is 19.9 Å². The average molecular weight is 1240 g/mol. The maximum atomic E-state index is 5.09. The molecule has 6 heteroatoms. The molecule has 4 aliphatic carbocycles. The molecule has 0 saturated carbocycles. The van der Waals surface area contributed by atoms with E-state index in [1.165, 1.54) is 100 Å². The number of fused-ring (bicyclic) bond motifs is 16. The fraction of sp³-hybridized carbons (Fsp3) is 0.0989. The summed E-state index contributed by atoms with van der Waals surface area (Å²) in [5.41, 5.74) is 24.8. The Kier molecular flexibility index (Phi) is 12.6. The summed E-state index contributed by atoms with van der Waals surface area (Å²) in [6, 6.07) is 93.8. The van der Waals surface area contributed by atoms with Crippen LogP contribution in [0.25, 0.3) is 101 Å². The van der Waals surface area contributed by atoms with E-state index in [1.807, 2.05) is 24.8 Å². The van der Waals surface area contributed by atoms with E-state index in [0.717, 1.165) is 90.6 Å². The first-order valence-electron chi connectivity index (χ1n) is 33.8. The first-order valence-corrected chi connectivity index (χ1v) is 33.8. The van der Waals surface area contributed by atoms with E-state index < -0.39 is 0 Å². The number of pyridine rings is 4. The Hall–Kier alpha value is -11.9. The fourth-order valence-corrected chi connectivity index (χ4v) is 16.9. The Bertz CT molecular complexity index is 5350. The molecule has 0 atom stereocenters. The summed E-state index contributed by atoms with van der Waals surface area (Å²) in [4.78, 5) is 24.9. The number of aromatic nitrogens is 4. The van der Waals surface area contributed by atoms with Crippen LogP contribution in [0.4, 0.5) is 34.6 Å². The number of rotatable bonds is 10. The van der Waals surface area contributed by atoms with Gasteiger partial charge in [-0.3, -0.25) is 9.80 Å². The lowest BCUT2D eigenvalue weighted by Gasteiger charge is -2.28. The van der Waals surface area contributed by atoms with Gasteiger partial charge >= 0.3 is 0 Å². The lowest BCUT2D eigenvalue weighted by molar-refractivity contribution is 0.563. The van der Waals surface area contributed by atoms with Gasteiger partial charge in [0.1, 0.15) is 23.3 Å². The van der Waals surface area contributed by atoms with Crippen LogP contribution in [0.15, 0.2) is 280 Å². The van der Waals surface area contributed by atoms with Gasteiger partial charge in [-0.25, -0.2) is 19.9 Å². The second-order valence-electron chi connectivity index (χ2n) is 27.9. The minimum atomic E-state index is -0.276. The zero-order valence-electron chi connectivity index (χ0n) is 54.5. The second-order valence-corrected chi connectivity index (χ2v) is 27.9. The highest BCUT2D eigenvalue weighted by atomic mass is 15.2. The SMILES string of the molecule is CC1(C)c2cc(/C=C/c3ccc4c(c3)C3(Cc5ccccc5C3)c3cc(/C=C/c5ccc6c(c5)C(C)(C)c5cc(N(c7nccc8ccccc78)c7nccc8ccccc78)ccc5-6)ccc3-4)ccc2-c2ccc(N(c3nccc4ccccc34)c3nccc4ccccc34)cc21. The largest absolute Gasteiger partial charge is 0.278 e. The van der Waals surface area contributed by atoms with Crippen LogP contribution < -0.4 is 9.80 Å². The predicted octanol–water partition coefficient (Wildman–Crippen LogP) is 22.8. The van der Waals surface area contributed by atoms with Crippen molar-refractivity contribution >= 4 is 102 Å². The first kappa shape index (κ1) is 56.7. The topological polar surface area (TPSA) is 58.0 Å². The van der Waals surface area contributed by atoms with Crippen LogP contribution in [-0.4, -0.2) is 19.9 Å². The van der Waals surface area contributed by atoms with Gasteiger partial charge in [0.15, 0.2) is 0 Å². The van der Waals surface area contributed by atoms with Crippen molar-refractivity contribution < 1.29 is 0 Å².